The highest BCUT2D eigenvalue weighted by Crippen LogP contribution is 2.09. The number of rotatable bonds is 3. The van der Waals surface area contributed by atoms with Crippen LogP contribution in [0.2, 0.25) is 0 Å². The Morgan fingerprint density at radius 1 is 1.73 bits per heavy atom. The molecule has 0 bridgehead atoms. The minimum atomic E-state index is -0.653. The van der Waals surface area contributed by atoms with Crippen LogP contribution in [0.3, 0.4) is 0 Å². The van der Waals surface area contributed by atoms with Crippen LogP contribution in [0.4, 0.5) is 4.39 Å². The maximum absolute atomic E-state index is 13.2. The lowest BCUT2D eigenvalue weighted by Gasteiger charge is -2.23. The van der Waals surface area contributed by atoms with Gasteiger partial charge in [0, 0.05) is 13.2 Å². The minimum Gasteiger partial charge on any atom is -0.394 e. The quantitative estimate of drug-likeness (QED) is 0.801. The molecule has 1 N–H and O–H groups in total. The van der Waals surface area contributed by atoms with Gasteiger partial charge in [0.2, 0.25) is 0 Å². The van der Waals surface area contributed by atoms with Gasteiger partial charge in [0.15, 0.2) is 5.82 Å². The van der Waals surface area contributed by atoms with Crippen LogP contribution in [0, 0.1) is 5.82 Å². The van der Waals surface area contributed by atoms with Crippen LogP contribution in [0.5, 0.6) is 0 Å². The van der Waals surface area contributed by atoms with E-state index in [1.54, 1.807) is 6.92 Å². The summed E-state index contributed by atoms with van der Waals surface area (Å²) < 4.78 is 13.2. The van der Waals surface area contributed by atoms with E-state index in [9.17, 15) is 9.18 Å². The van der Waals surface area contributed by atoms with E-state index in [4.69, 9.17) is 5.11 Å². The number of aliphatic hydroxyl groups is 1. The average molecular weight is 212 g/mol. The number of carbonyl (C=O) groups is 1. The molecule has 0 aromatic carbocycles. The van der Waals surface area contributed by atoms with Gasteiger partial charge in [-0.05, 0) is 13.0 Å². The van der Waals surface area contributed by atoms with Crippen molar-refractivity contribution >= 4 is 5.91 Å². The van der Waals surface area contributed by atoms with Gasteiger partial charge in [-0.25, -0.2) is 4.39 Å². The van der Waals surface area contributed by atoms with Gasteiger partial charge in [-0.15, -0.1) is 0 Å². The molecule has 0 radical (unpaired) electrons. The molecule has 0 spiro atoms. The average Bonchev–Trinajstić information content (AvgIpc) is 2.26. The third-order valence-corrected chi connectivity index (χ3v) is 2.25. The van der Waals surface area contributed by atoms with Gasteiger partial charge >= 0.3 is 0 Å². The van der Waals surface area contributed by atoms with Gasteiger partial charge in [-0.1, -0.05) is 0 Å². The number of amides is 1. The maximum Gasteiger partial charge on any atom is 0.257 e. The predicted octanol–water partition coefficient (Wildman–Crippen LogP) is 0.673. The molecule has 15 heavy (non-hydrogen) atoms. The fraction of sp³-hybridized carbons (Fsp3) is 0.400. The molecular formula is C10H13FN2O2. The SMILES string of the molecule is CC(CO)N(C)C(=O)c1ccncc1F. The lowest BCUT2D eigenvalue weighted by molar-refractivity contribution is 0.0677. The summed E-state index contributed by atoms with van der Waals surface area (Å²) in [5.41, 5.74) is -0.0344. The summed E-state index contributed by atoms with van der Waals surface area (Å²) in [6.07, 6.45) is 2.35. The van der Waals surface area contributed by atoms with E-state index in [0.29, 0.717) is 0 Å². The summed E-state index contributed by atoms with van der Waals surface area (Å²) in [7, 11) is 1.52. The van der Waals surface area contributed by atoms with Crippen molar-refractivity contribution in [3.63, 3.8) is 0 Å². The summed E-state index contributed by atoms with van der Waals surface area (Å²) >= 11 is 0. The minimum absolute atomic E-state index is 0.0344. The molecule has 1 atom stereocenters. The monoisotopic (exact) mass is 212 g/mol. The number of halogens is 1. The lowest BCUT2D eigenvalue weighted by Crippen LogP contribution is -2.37. The van der Waals surface area contributed by atoms with Crippen molar-refractivity contribution in [2.24, 2.45) is 0 Å². The Labute approximate surface area is 87.4 Å². The summed E-state index contributed by atoms with van der Waals surface area (Å²) in [5, 5.41) is 8.87. The van der Waals surface area contributed by atoms with Crippen molar-refractivity contribution in [1.29, 1.82) is 0 Å². The third kappa shape index (κ3) is 2.50. The molecule has 5 heteroatoms. The lowest BCUT2D eigenvalue weighted by atomic mass is 10.2. The zero-order valence-electron chi connectivity index (χ0n) is 8.64. The molecule has 82 valence electrons. The summed E-state index contributed by atoms with van der Waals surface area (Å²) in [6.45, 7) is 1.52. The van der Waals surface area contributed by atoms with Crippen molar-refractivity contribution < 1.29 is 14.3 Å². The summed E-state index contributed by atoms with van der Waals surface area (Å²) in [4.78, 5) is 16.6. The van der Waals surface area contributed by atoms with Gasteiger partial charge in [0.1, 0.15) is 0 Å². The van der Waals surface area contributed by atoms with Crippen LogP contribution in [0.25, 0.3) is 0 Å². The molecule has 0 aliphatic heterocycles. The Kier molecular flexibility index (Phi) is 3.74. The zero-order chi connectivity index (χ0) is 11.4. The Morgan fingerprint density at radius 3 is 2.93 bits per heavy atom. The largest absolute Gasteiger partial charge is 0.394 e. The molecule has 1 rings (SSSR count). The molecular weight excluding hydrogens is 199 g/mol. The molecule has 1 heterocycles. The topological polar surface area (TPSA) is 53.4 Å². The number of hydrogen-bond acceptors (Lipinski definition) is 3. The summed E-state index contributed by atoms with van der Waals surface area (Å²) in [6, 6.07) is 0.975. The van der Waals surface area contributed by atoms with Crippen LogP contribution in [-0.4, -0.2) is 40.6 Å². The van der Waals surface area contributed by atoms with Crippen molar-refractivity contribution in [3.8, 4) is 0 Å². The van der Waals surface area contributed by atoms with Crippen LogP contribution in [0.1, 0.15) is 17.3 Å². The van der Waals surface area contributed by atoms with Crippen LogP contribution in [-0.2, 0) is 0 Å². The van der Waals surface area contributed by atoms with Crippen LogP contribution < -0.4 is 0 Å². The molecule has 1 aromatic heterocycles. The molecule has 0 saturated heterocycles. The van der Waals surface area contributed by atoms with Crippen LogP contribution >= 0.6 is 0 Å². The van der Waals surface area contributed by atoms with E-state index in [1.807, 2.05) is 0 Å². The molecule has 0 aliphatic rings. The van der Waals surface area contributed by atoms with Crippen molar-refractivity contribution in [2.45, 2.75) is 13.0 Å². The second kappa shape index (κ2) is 4.84. The summed E-state index contributed by atoms with van der Waals surface area (Å²) in [5.74, 6) is -1.11. The van der Waals surface area contributed by atoms with E-state index < -0.39 is 11.7 Å². The smallest absolute Gasteiger partial charge is 0.257 e. The number of aliphatic hydroxyl groups excluding tert-OH is 1. The first-order valence-corrected chi connectivity index (χ1v) is 4.55. The molecule has 0 aliphatic carbocycles. The van der Waals surface area contributed by atoms with E-state index in [1.165, 1.54) is 24.2 Å². The second-order valence-electron chi connectivity index (χ2n) is 3.30. The van der Waals surface area contributed by atoms with Crippen molar-refractivity contribution in [2.75, 3.05) is 13.7 Å². The molecule has 0 fully saturated rings. The standard InChI is InChI=1S/C10H13FN2O2/c1-7(6-14)13(2)10(15)8-3-4-12-5-9(8)11/h3-5,7,14H,6H2,1-2H3. The van der Waals surface area contributed by atoms with Crippen molar-refractivity contribution in [3.05, 3.63) is 29.8 Å². The van der Waals surface area contributed by atoms with E-state index in [2.05, 4.69) is 4.98 Å². The van der Waals surface area contributed by atoms with Gasteiger partial charge in [0.25, 0.3) is 5.91 Å². The Morgan fingerprint density at radius 2 is 2.40 bits per heavy atom. The maximum atomic E-state index is 13.2. The van der Waals surface area contributed by atoms with E-state index in [-0.39, 0.29) is 18.2 Å². The van der Waals surface area contributed by atoms with Gasteiger partial charge in [-0.2, -0.15) is 0 Å². The first-order valence-electron chi connectivity index (χ1n) is 4.55. The number of hydrogen-bond donors (Lipinski definition) is 1. The fourth-order valence-electron chi connectivity index (χ4n) is 1.06. The number of likely N-dealkylation sites (N-methyl/N-ethyl adjacent to an activating group) is 1. The fourth-order valence-corrected chi connectivity index (χ4v) is 1.06. The Balaban J connectivity index is 2.90. The first kappa shape index (κ1) is 11.6. The molecule has 1 unspecified atom stereocenters. The number of pyridine rings is 1. The van der Waals surface area contributed by atoms with Crippen molar-refractivity contribution in [1.82, 2.24) is 9.88 Å². The number of nitrogens with zero attached hydrogens (tertiary/aromatic N) is 2. The Hall–Kier alpha value is -1.49. The third-order valence-electron chi connectivity index (χ3n) is 2.25. The van der Waals surface area contributed by atoms with Gasteiger partial charge in [0.05, 0.1) is 24.4 Å². The highest BCUT2D eigenvalue weighted by molar-refractivity contribution is 5.94. The molecule has 1 aromatic rings. The molecule has 4 nitrogen and oxygen atoms in total. The van der Waals surface area contributed by atoms with Gasteiger partial charge < -0.3 is 10.0 Å². The Bertz CT molecular complexity index is 357. The van der Waals surface area contributed by atoms with Crippen LogP contribution in [0.15, 0.2) is 18.5 Å². The molecule has 1 amide bonds. The van der Waals surface area contributed by atoms with Gasteiger partial charge in [-0.3, -0.25) is 9.78 Å². The normalized spacial score (nSPS) is 12.3. The highest BCUT2D eigenvalue weighted by Gasteiger charge is 2.19. The zero-order valence-corrected chi connectivity index (χ0v) is 8.64. The first-order chi connectivity index (χ1) is 7.07. The number of aromatic nitrogens is 1. The number of carbonyl (C=O) groups excluding carboxylic acids is 1. The van der Waals surface area contributed by atoms with E-state index in [0.717, 1.165) is 6.20 Å². The predicted molar refractivity (Wildman–Crippen MR) is 52.8 cm³/mol. The van der Waals surface area contributed by atoms with E-state index >= 15 is 0 Å². The molecule has 0 saturated carbocycles. The highest BCUT2D eigenvalue weighted by atomic mass is 19.1. The second-order valence-corrected chi connectivity index (χ2v) is 3.30.